The molecule has 10 heteroatoms. The number of anilines is 1. The zero-order valence-electron chi connectivity index (χ0n) is 20.9. The van der Waals surface area contributed by atoms with Crippen molar-refractivity contribution in [2.24, 2.45) is 0 Å². The zero-order chi connectivity index (χ0) is 26.0. The number of aromatic amines is 1. The zero-order valence-corrected chi connectivity index (χ0v) is 20.9. The van der Waals surface area contributed by atoms with E-state index in [9.17, 15) is 13.6 Å². The SMILES string of the molecule is COc1ccc([C@@]23CC[C@@H](NC(=O)Nc4ccc(F)c(F)c4)C[C@@H]2N(Cc2ccn[nH]2)CC3)cc1OC. The van der Waals surface area contributed by atoms with Gasteiger partial charge in [0.05, 0.1) is 14.2 Å². The third-order valence-electron chi connectivity index (χ3n) is 7.77. The van der Waals surface area contributed by atoms with Gasteiger partial charge in [0.1, 0.15) is 0 Å². The summed E-state index contributed by atoms with van der Waals surface area (Å²) in [6.07, 6.45) is 5.14. The van der Waals surface area contributed by atoms with Gasteiger partial charge in [-0.1, -0.05) is 6.07 Å². The molecular formula is C27H31F2N5O3. The van der Waals surface area contributed by atoms with E-state index in [1.165, 1.54) is 11.6 Å². The molecule has 196 valence electrons. The molecular weight excluding hydrogens is 480 g/mol. The summed E-state index contributed by atoms with van der Waals surface area (Å²) in [6.45, 7) is 1.64. The molecule has 0 radical (unpaired) electrons. The van der Waals surface area contributed by atoms with Gasteiger partial charge in [-0.25, -0.2) is 13.6 Å². The monoisotopic (exact) mass is 511 g/mol. The van der Waals surface area contributed by atoms with Gasteiger partial charge in [-0.05, 0) is 68.1 Å². The second kappa shape index (κ2) is 10.4. The van der Waals surface area contributed by atoms with Gasteiger partial charge >= 0.3 is 6.03 Å². The summed E-state index contributed by atoms with van der Waals surface area (Å²) >= 11 is 0. The molecule has 0 spiro atoms. The van der Waals surface area contributed by atoms with E-state index >= 15 is 0 Å². The summed E-state index contributed by atoms with van der Waals surface area (Å²) in [5.74, 6) is -0.569. The van der Waals surface area contributed by atoms with Crippen LogP contribution >= 0.6 is 0 Å². The van der Waals surface area contributed by atoms with Gasteiger partial charge in [-0.15, -0.1) is 0 Å². The molecule has 2 heterocycles. The molecule has 5 rings (SSSR count). The van der Waals surface area contributed by atoms with Crippen molar-refractivity contribution in [3.8, 4) is 11.5 Å². The Morgan fingerprint density at radius 3 is 2.68 bits per heavy atom. The van der Waals surface area contributed by atoms with Gasteiger partial charge < -0.3 is 20.1 Å². The van der Waals surface area contributed by atoms with Crippen LogP contribution in [0.5, 0.6) is 11.5 Å². The number of carbonyl (C=O) groups excluding carboxylic acids is 1. The van der Waals surface area contributed by atoms with Gasteiger partial charge in [-0.3, -0.25) is 10.00 Å². The number of nitrogens with one attached hydrogen (secondary N) is 3. The van der Waals surface area contributed by atoms with Crippen molar-refractivity contribution in [3.05, 3.63) is 71.6 Å². The molecule has 1 aliphatic carbocycles. The van der Waals surface area contributed by atoms with Gasteiger partial charge in [0.25, 0.3) is 0 Å². The number of H-pyrrole nitrogens is 1. The van der Waals surface area contributed by atoms with Gasteiger partial charge in [0, 0.05) is 47.7 Å². The van der Waals surface area contributed by atoms with Crippen LogP contribution in [0.25, 0.3) is 0 Å². The second-order valence-electron chi connectivity index (χ2n) is 9.74. The largest absolute Gasteiger partial charge is 0.493 e. The van der Waals surface area contributed by atoms with Crippen molar-refractivity contribution < 1.29 is 23.0 Å². The molecule has 0 unspecified atom stereocenters. The number of likely N-dealkylation sites (tertiary alicyclic amines) is 1. The Labute approximate surface area is 214 Å². The minimum absolute atomic E-state index is 0.0778. The fraction of sp³-hybridized carbons (Fsp3) is 0.407. The van der Waals surface area contributed by atoms with Crippen LogP contribution in [0, 0.1) is 11.6 Å². The Kier molecular flexibility index (Phi) is 7.01. The van der Waals surface area contributed by atoms with E-state index in [2.05, 4.69) is 37.9 Å². The Hall–Kier alpha value is -3.66. The Morgan fingerprint density at radius 2 is 1.95 bits per heavy atom. The topological polar surface area (TPSA) is 91.5 Å². The first-order chi connectivity index (χ1) is 17.9. The highest BCUT2D eigenvalue weighted by Gasteiger charge is 2.51. The lowest BCUT2D eigenvalue weighted by Crippen LogP contribution is -2.52. The van der Waals surface area contributed by atoms with Crippen LogP contribution in [0.4, 0.5) is 19.3 Å². The number of fused-ring (bicyclic) bond motifs is 1. The molecule has 2 aromatic carbocycles. The smallest absolute Gasteiger partial charge is 0.319 e. The summed E-state index contributed by atoms with van der Waals surface area (Å²) in [7, 11) is 3.27. The highest BCUT2D eigenvalue weighted by Crippen LogP contribution is 2.50. The molecule has 3 N–H and O–H groups in total. The predicted octanol–water partition coefficient (Wildman–Crippen LogP) is 4.59. The van der Waals surface area contributed by atoms with Gasteiger partial charge in [0.15, 0.2) is 23.1 Å². The number of amides is 2. The number of hydrogen-bond acceptors (Lipinski definition) is 5. The van der Waals surface area contributed by atoms with Crippen molar-refractivity contribution in [1.82, 2.24) is 20.4 Å². The molecule has 8 nitrogen and oxygen atoms in total. The number of aromatic nitrogens is 2. The van der Waals surface area contributed by atoms with E-state index in [-0.39, 0.29) is 23.2 Å². The molecule has 2 amide bonds. The third kappa shape index (κ3) is 4.98. The summed E-state index contributed by atoms with van der Waals surface area (Å²) in [6, 6.07) is 11.1. The number of ether oxygens (including phenoxy) is 2. The van der Waals surface area contributed by atoms with Gasteiger partial charge in [0.2, 0.25) is 0 Å². The molecule has 3 aromatic rings. The van der Waals surface area contributed by atoms with Crippen molar-refractivity contribution in [3.63, 3.8) is 0 Å². The van der Waals surface area contributed by atoms with Crippen LogP contribution in [0.1, 0.15) is 36.9 Å². The highest BCUT2D eigenvalue weighted by molar-refractivity contribution is 5.89. The molecule has 3 atom stereocenters. The normalized spacial score (nSPS) is 23.4. The number of rotatable bonds is 7. The van der Waals surface area contributed by atoms with Crippen LogP contribution < -0.4 is 20.1 Å². The standard InChI is InChI=1S/C27H31F2N5O3/c1-36-23-6-3-17(13-24(23)37-2)27-9-7-19(32-26(35)31-18-4-5-21(28)22(29)14-18)15-25(27)34(12-10-27)16-20-8-11-30-33-20/h3-6,8,11,13-14,19,25H,7,9-10,12,15-16H2,1-2H3,(H,30,33)(H2,31,32,35)/t19-,25+,27+/m1/s1. The lowest BCUT2D eigenvalue weighted by Gasteiger charge is -2.45. The molecule has 0 bridgehead atoms. The third-order valence-corrected chi connectivity index (χ3v) is 7.77. The van der Waals surface area contributed by atoms with Crippen molar-refractivity contribution in [2.45, 2.75) is 49.7 Å². The van der Waals surface area contributed by atoms with Crippen molar-refractivity contribution >= 4 is 11.7 Å². The first-order valence-electron chi connectivity index (χ1n) is 12.4. The van der Waals surface area contributed by atoms with Gasteiger partial charge in [-0.2, -0.15) is 5.10 Å². The van der Waals surface area contributed by atoms with Crippen LogP contribution in [-0.2, 0) is 12.0 Å². The minimum Gasteiger partial charge on any atom is -0.493 e. The molecule has 1 saturated heterocycles. The fourth-order valence-corrected chi connectivity index (χ4v) is 5.97. The number of benzene rings is 2. The van der Waals surface area contributed by atoms with Crippen LogP contribution in [-0.4, -0.2) is 54.0 Å². The average Bonchev–Trinajstić information content (AvgIpc) is 3.55. The number of hydrogen-bond donors (Lipinski definition) is 3. The number of halogens is 2. The van der Waals surface area contributed by atoms with Crippen molar-refractivity contribution in [2.75, 3.05) is 26.1 Å². The first-order valence-corrected chi connectivity index (χ1v) is 12.4. The second-order valence-corrected chi connectivity index (χ2v) is 9.74. The Morgan fingerprint density at radius 1 is 1.11 bits per heavy atom. The maximum Gasteiger partial charge on any atom is 0.319 e. The van der Waals surface area contributed by atoms with E-state index in [1.54, 1.807) is 20.4 Å². The lowest BCUT2D eigenvalue weighted by molar-refractivity contribution is 0.130. The quantitative estimate of drug-likeness (QED) is 0.432. The summed E-state index contributed by atoms with van der Waals surface area (Å²) in [5, 5.41) is 12.8. The fourth-order valence-electron chi connectivity index (χ4n) is 5.97. The van der Waals surface area contributed by atoms with E-state index in [1.807, 2.05) is 12.1 Å². The summed E-state index contributed by atoms with van der Waals surface area (Å²) in [4.78, 5) is 15.2. The van der Waals surface area contributed by atoms with Crippen molar-refractivity contribution in [1.29, 1.82) is 0 Å². The number of urea groups is 1. The first kappa shape index (κ1) is 25.0. The van der Waals surface area contributed by atoms with E-state index < -0.39 is 17.7 Å². The lowest BCUT2D eigenvalue weighted by atomic mass is 9.65. The summed E-state index contributed by atoms with van der Waals surface area (Å²) in [5.41, 5.74) is 2.34. The molecule has 1 aromatic heterocycles. The molecule has 1 saturated carbocycles. The molecule has 2 fully saturated rings. The van der Waals surface area contributed by atoms with Crippen LogP contribution in [0.2, 0.25) is 0 Å². The average molecular weight is 512 g/mol. The van der Waals surface area contributed by atoms with Crippen LogP contribution in [0.15, 0.2) is 48.7 Å². The predicted molar refractivity (Wildman–Crippen MR) is 135 cm³/mol. The number of carbonyl (C=O) groups is 1. The van der Waals surface area contributed by atoms with Crippen LogP contribution in [0.3, 0.4) is 0 Å². The highest BCUT2D eigenvalue weighted by atomic mass is 19.2. The minimum atomic E-state index is -1.00. The van der Waals surface area contributed by atoms with E-state index in [0.29, 0.717) is 11.5 Å². The maximum absolute atomic E-state index is 13.6. The summed E-state index contributed by atoms with van der Waals surface area (Å²) < 4.78 is 37.9. The Balaban J connectivity index is 1.36. The Bertz CT molecular complexity index is 1250. The molecule has 37 heavy (non-hydrogen) atoms. The number of nitrogens with zero attached hydrogens (tertiary/aromatic N) is 2. The van der Waals surface area contributed by atoms with E-state index in [4.69, 9.17) is 9.47 Å². The number of methoxy groups -OCH3 is 2. The molecule has 2 aliphatic rings. The maximum atomic E-state index is 13.6. The van der Waals surface area contributed by atoms with E-state index in [0.717, 1.165) is 56.6 Å². The molecule has 1 aliphatic heterocycles.